The quantitative estimate of drug-likeness (QED) is 0.677. The lowest BCUT2D eigenvalue weighted by molar-refractivity contribution is -0.123. The number of hydrogen-bond donors (Lipinski definition) is 1. The molecule has 3 aromatic rings. The molecule has 1 aliphatic carbocycles. The molecule has 30 heavy (non-hydrogen) atoms. The zero-order valence-electron chi connectivity index (χ0n) is 16.3. The first kappa shape index (κ1) is 20.1. The van der Waals surface area contributed by atoms with Gasteiger partial charge >= 0.3 is 0 Å². The Morgan fingerprint density at radius 3 is 2.67 bits per heavy atom. The van der Waals surface area contributed by atoms with E-state index in [1.807, 2.05) is 6.07 Å². The maximum Gasteiger partial charge on any atom is 0.273 e. The maximum absolute atomic E-state index is 14.5. The Morgan fingerprint density at radius 1 is 1.30 bits per heavy atom. The fraction of sp³-hybridized carbons (Fsp3) is 0.227. The average Bonchev–Trinajstić information content (AvgIpc) is 3.32. The zero-order valence-corrected chi connectivity index (χ0v) is 17.0. The average molecular weight is 427 g/mol. The van der Waals surface area contributed by atoms with Gasteiger partial charge in [-0.1, -0.05) is 41.9 Å². The molecule has 0 fully saturated rings. The van der Waals surface area contributed by atoms with E-state index in [1.165, 1.54) is 23.5 Å². The Morgan fingerprint density at radius 2 is 2.03 bits per heavy atom. The van der Waals surface area contributed by atoms with E-state index in [1.54, 1.807) is 41.9 Å². The molecule has 1 heterocycles. The van der Waals surface area contributed by atoms with Crippen molar-refractivity contribution in [2.45, 2.75) is 24.9 Å². The lowest BCUT2D eigenvalue weighted by Gasteiger charge is -2.35. The summed E-state index contributed by atoms with van der Waals surface area (Å²) in [4.78, 5) is 31.7. The van der Waals surface area contributed by atoms with Gasteiger partial charge in [0.15, 0.2) is 0 Å². The topological polar surface area (TPSA) is 81.2 Å². The van der Waals surface area contributed by atoms with E-state index in [4.69, 9.17) is 17.3 Å². The number of imidazole rings is 1. The summed E-state index contributed by atoms with van der Waals surface area (Å²) >= 11 is 6.11. The Hall–Kier alpha value is -3.19. The van der Waals surface area contributed by atoms with Crippen LogP contribution < -0.4 is 5.73 Å². The molecular formula is C22H20ClFN4O2. The molecule has 0 bridgehead atoms. The van der Waals surface area contributed by atoms with Crippen LogP contribution in [0.4, 0.5) is 4.39 Å². The number of rotatable bonds is 5. The van der Waals surface area contributed by atoms with Gasteiger partial charge in [-0.3, -0.25) is 9.59 Å². The highest BCUT2D eigenvalue weighted by molar-refractivity contribution is 6.30. The molecule has 0 radical (unpaired) electrons. The van der Waals surface area contributed by atoms with Gasteiger partial charge in [0.2, 0.25) is 5.91 Å². The van der Waals surface area contributed by atoms with E-state index in [0.717, 1.165) is 0 Å². The molecule has 0 spiro atoms. The van der Waals surface area contributed by atoms with E-state index in [9.17, 15) is 14.0 Å². The van der Waals surface area contributed by atoms with Gasteiger partial charge in [-0.05, 0) is 41.7 Å². The van der Waals surface area contributed by atoms with Gasteiger partial charge < -0.3 is 15.2 Å². The Balaban J connectivity index is 1.89. The first-order valence-corrected chi connectivity index (χ1v) is 9.87. The first-order chi connectivity index (χ1) is 14.4. The van der Waals surface area contributed by atoms with Crippen molar-refractivity contribution in [3.05, 3.63) is 88.2 Å². The molecule has 1 aromatic heterocycles. The van der Waals surface area contributed by atoms with Crippen molar-refractivity contribution in [1.82, 2.24) is 14.5 Å². The fourth-order valence-corrected chi connectivity index (χ4v) is 4.35. The second-order valence-electron chi connectivity index (χ2n) is 7.33. The third kappa shape index (κ3) is 3.45. The van der Waals surface area contributed by atoms with Crippen LogP contribution in [0.25, 0.3) is 0 Å². The number of halogens is 2. The number of aryl methyl sites for hydroxylation is 1. The molecule has 0 saturated carbocycles. The van der Waals surface area contributed by atoms with Crippen molar-refractivity contribution in [1.29, 1.82) is 0 Å². The lowest BCUT2D eigenvalue weighted by Crippen LogP contribution is -2.44. The minimum Gasteiger partial charge on any atom is -0.368 e. The van der Waals surface area contributed by atoms with Crippen molar-refractivity contribution < 1.29 is 14.0 Å². The number of carbonyl (C=O) groups excluding carboxylic acids is 2. The second kappa shape index (κ2) is 7.91. The summed E-state index contributed by atoms with van der Waals surface area (Å²) in [6, 6.07) is 10.2. The van der Waals surface area contributed by atoms with E-state index >= 15 is 0 Å². The van der Waals surface area contributed by atoms with Gasteiger partial charge in [0, 0.05) is 12.1 Å². The van der Waals surface area contributed by atoms with Crippen molar-refractivity contribution in [2.24, 2.45) is 12.8 Å². The lowest BCUT2D eigenvalue weighted by atomic mass is 9.98. The van der Waals surface area contributed by atoms with Crippen molar-refractivity contribution >= 4 is 23.4 Å². The molecule has 2 aromatic carbocycles. The number of benzene rings is 2. The SMILES string of the molecule is Cn1cncc1C(=O)N(C(C(N)=O)c1ccccc1)[C@@H]1CCc2c(F)cc(Cl)cc21. The molecule has 6 nitrogen and oxygen atoms in total. The summed E-state index contributed by atoms with van der Waals surface area (Å²) in [5, 5.41) is 0.237. The molecule has 4 rings (SSSR count). The summed E-state index contributed by atoms with van der Waals surface area (Å²) in [7, 11) is 1.69. The van der Waals surface area contributed by atoms with Gasteiger partial charge in [0.05, 0.1) is 18.6 Å². The summed E-state index contributed by atoms with van der Waals surface area (Å²) in [5.74, 6) is -1.50. The summed E-state index contributed by atoms with van der Waals surface area (Å²) in [6.45, 7) is 0. The summed E-state index contributed by atoms with van der Waals surface area (Å²) < 4.78 is 16.1. The van der Waals surface area contributed by atoms with Crippen LogP contribution in [-0.4, -0.2) is 26.3 Å². The summed E-state index contributed by atoms with van der Waals surface area (Å²) in [5.41, 5.74) is 7.77. The normalized spacial score (nSPS) is 16.2. The predicted molar refractivity (Wildman–Crippen MR) is 110 cm³/mol. The predicted octanol–water partition coefficient (Wildman–Crippen LogP) is 3.57. The van der Waals surface area contributed by atoms with Gasteiger partial charge in [-0.15, -0.1) is 0 Å². The van der Waals surface area contributed by atoms with Crippen LogP contribution in [-0.2, 0) is 18.3 Å². The van der Waals surface area contributed by atoms with Crippen LogP contribution in [0.15, 0.2) is 55.0 Å². The smallest absolute Gasteiger partial charge is 0.273 e. The molecule has 1 aliphatic rings. The van der Waals surface area contributed by atoms with Crippen molar-refractivity contribution in [3.8, 4) is 0 Å². The highest BCUT2D eigenvalue weighted by Crippen LogP contribution is 2.43. The molecule has 154 valence electrons. The molecule has 2 N–H and O–H groups in total. The number of nitrogens with zero attached hydrogens (tertiary/aromatic N) is 3. The van der Waals surface area contributed by atoms with Crippen LogP contribution in [0.2, 0.25) is 5.02 Å². The highest BCUT2D eigenvalue weighted by Gasteiger charge is 2.41. The van der Waals surface area contributed by atoms with Crippen LogP contribution in [0, 0.1) is 5.82 Å². The van der Waals surface area contributed by atoms with Crippen LogP contribution in [0.5, 0.6) is 0 Å². The summed E-state index contributed by atoms with van der Waals surface area (Å²) in [6.07, 6.45) is 3.82. The minimum atomic E-state index is -1.04. The second-order valence-corrected chi connectivity index (χ2v) is 7.76. The van der Waals surface area contributed by atoms with Gasteiger partial charge in [-0.2, -0.15) is 0 Å². The van der Waals surface area contributed by atoms with Crippen LogP contribution in [0.3, 0.4) is 0 Å². The minimum absolute atomic E-state index is 0.237. The van der Waals surface area contributed by atoms with E-state index in [2.05, 4.69) is 4.98 Å². The number of hydrogen-bond acceptors (Lipinski definition) is 3. The molecule has 0 aliphatic heterocycles. The van der Waals surface area contributed by atoms with Crippen molar-refractivity contribution in [3.63, 3.8) is 0 Å². The van der Waals surface area contributed by atoms with Crippen molar-refractivity contribution in [2.75, 3.05) is 0 Å². The number of carbonyl (C=O) groups is 2. The third-order valence-corrected chi connectivity index (χ3v) is 5.71. The van der Waals surface area contributed by atoms with Crippen LogP contribution >= 0.6 is 11.6 Å². The molecule has 0 saturated heterocycles. The monoisotopic (exact) mass is 426 g/mol. The van der Waals surface area contributed by atoms with E-state index in [0.29, 0.717) is 35.2 Å². The number of fused-ring (bicyclic) bond motifs is 1. The third-order valence-electron chi connectivity index (χ3n) is 5.49. The first-order valence-electron chi connectivity index (χ1n) is 9.49. The molecule has 1 unspecified atom stereocenters. The molecule has 8 heteroatoms. The number of amides is 2. The Labute approximate surface area is 178 Å². The number of primary amides is 1. The largest absolute Gasteiger partial charge is 0.368 e. The Bertz CT molecular complexity index is 1120. The van der Waals surface area contributed by atoms with E-state index < -0.39 is 29.7 Å². The van der Waals surface area contributed by atoms with E-state index in [-0.39, 0.29) is 5.02 Å². The van der Waals surface area contributed by atoms with Gasteiger partial charge in [0.25, 0.3) is 5.91 Å². The molecule has 2 atom stereocenters. The standard InChI is InChI=1S/C22H20ClFN4O2/c1-27-12-26-11-19(27)22(30)28(20(21(25)29)13-5-3-2-4-6-13)18-8-7-15-16(18)9-14(23)10-17(15)24/h2-6,9-12,18,20H,7-8H2,1H3,(H2,25,29)/t18-,20?/m1/s1. The highest BCUT2D eigenvalue weighted by atomic mass is 35.5. The number of nitrogens with two attached hydrogens (primary N) is 1. The fourth-order valence-electron chi connectivity index (χ4n) is 4.14. The van der Waals surface area contributed by atoms with Gasteiger partial charge in [-0.25, -0.2) is 9.37 Å². The molecular weight excluding hydrogens is 407 g/mol. The van der Waals surface area contributed by atoms with Gasteiger partial charge in [0.1, 0.15) is 17.6 Å². The molecule has 2 amide bonds. The Kier molecular flexibility index (Phi) is 5.30. The zero-order chi connectivity index (χ0) is 21.4. The maximum atomic E-state index is 14.5. The number of aromatic nitrogens is 2. The van der Waals surface area contributed by atoms with Crippen LogP contribution in [0.1, 0.15) is 45.7 Å².